The number of hydrogen-bond acceptors (Lipinski definition) is 3. The molecular weight excluding hydrogens is 226 g/mol. The van der Waals surface area contributed by atoms with Gasteiger partial charge in [0.25, 0.3) is 0 Å². The van der Waals surface area contributed by atoms with Crippen LogP contribution in [0.25, 0.3) is 11.3 Å². The minimum atomic E-state index is 0.811. The summed E-state index contributed by atoms with van der Waals surface area (Å²) >= 11 is 0. The Morgan fingerprint density at radius 2 is 2.17 bits per heavy atom. The molecular formula is C15H19NO2. The zero-order valence-corrected chi connectivity index (χ0v) is 10.9. The lowest BCUT2D eigenvalue weighted by Crippen LogP contribution is -2.14. The predicted molar refractivity (Wildman–Crippen MR) is 72.7 cm³/mol. The Bertz CT molecular complexity index is 477. The van der Waals surface area contributed by atoms with Gasteiger partial charge in [-0.25, -0.2) is 0 Å². The predicted octanol–water partition coefficient (Wildman–Crippen LogP) is 3.45. The third-order valence-corrected chi connectivity index (χ3v) is 2.83. The van der Waals surface area contributed by atoms with Gasteiger partial charge in [-0.3, -0.25) is 0 Å². The van der Waals surface area contributed by atoms with E-state index in [1.807, 2.05) is 24.3 Å². The van der Waals surface area contributed by atoms with Gasteiger partial charge in [0, 0.05) is 17.7 Å². The van der Waals surface area contributed by atoms with Crippen molar-refractivity contribution in [3.05, 3.63) is 42.2 Å². The van der Waals surface area contributed by atoms with Crippen LogP contribution in [0.2, 0.25) is 0 Å². The van der Waals surface area contributed by atoms with Crippen LogP contribution in [0.5, 0.6) is 5.75 Å². The molecule has 0 fully saturated rings. The molecule has 2 rings (SSSR count). The highest BCUT2D eigenvalue weighted by atomic mass is 16.5. The van der Waals surface area contributed by atoms with Crippen LogP contribution in [0.3, 0.4) is 0 Å². The molecule has 0 radical (unpaired) electrons. The number of furan rings is 1. The summed E-state index contributed by atoms with van der Waals surface area (Å²) in [7, 11) is 1.70. The fourth-order valence-corrected chi connectivity index (χ4v) is 1.91. The second-order valence-corrected chi connectivity index (χ2v) is 4.18. The molecule has 2 aromatic rings. The number of methoxy groups -OCH3 is 1. The molecule has 18 heavy (non-hydrogen) atoms. The van der Waals surface area contributed by atoms with Crippen LogP contribution in [-0.2, 0) is 6.54 Å². The van der Waals surface area contributed by atoms with Crippen LogP contribution < -0.4 is 10.1 Å². The normalized spacial score (nSPS) is 10.6. The minimum Gasteiger partial charge on any atom is -0.496 e. The lowest BCUT2D eigenvalue weighted by Gasteiger charge is -2.10. The quantitative estimate of drug-likeness (QED) is 0.791. The van der Waals surface area contributed by atoms with Crippen molar-refractivity contribution in [3.8, 4) is 17.1 Å². The van der Waals surface area contributed by atoms with E-state index in [-0.39, 0.29) is 0 Å². The molecule has 96 valence electrons. The molecule has 0 amide bonds. The van der Waals surface area contributed by atoms with Crippen LogP contribution in [0.1, 0.15) is 18.9 Å². The van der Waals surface area contributed by atoms with Crippen molar-refractivity contribution in [1.82, 2.24) is 5.32 Å². The summed E-state index contributed by atoms with van der Waals surface area (Å²) in [6, 6.07) is 9.97. The van der Waals surface area contributed by atoms with Gasteiger partial charge in [0.05, 0.1) is 13.4 Å². The van der Waals surface area contributed by atoms with E-state index in [0.29, 0.717) is 0 Å². The van der Waals surface area contributed by atoms with Crippen LogP contribution in [0.4, 0.5) is 0 Å². The maximum absolute atomic E-state index is 5.41. The highest BCUT2D eigenvalue weighted by Gasteiger charge is 2.07. The molecule has 1 aromatic carbocycles. The number of ether oxygens (including phenoxy) is 1. The molecule has 1 N–H and O–H groups in total. The highest BCUT2D eigenvalue weighted by Crippen LogP contribution is 2.26. The molecule has 0 unspecified atom stereocenters. The third kappa shape index (κ3) is 2.93. The SMILES string of the molecule is CCCNCc1cc(-c2ccco2)ccc1OC. The van der Waals surface area contributed by atoms with Crippen molar-refractivity contribution in [2.24, 2.45) is 0 Å². The number of nitrogens with one attached hydrogen (secondary N) is 1. The Hall–Kier alpha value is -1.74. The molecule has 0 aliphatic rings. The first-order valence-electron chi connectivity index (χ1n) is 6.26. The molecule has 3 heteroatoms. The topological polar surface area (TPSA) is 34.4 Å². The molecule has 0 spiro atoms. The molecule has 0 atom stereocenters. The first kappa shape index (κ1) is 12.7. The van der Waals surface area contributed by atoms with Crippen molar-refractivity contribution < 1.29 is 9.15 Å². The van der Waals surface area contributed by atoms with Gasteiger partial charge < -0.3 is 14.5 Å². The largest absolute Gasteiger partial charge is 0.496 e. The van der Waals surface area contributed by atoms with E-state index in [1.165, 1.54) is 0 Å². The lowest BCUT2D eigenvalue weighted by atomic mass is 10.1. The van der Waals surface area contributed by atoms with E-state index < -0.39 is 0 Å². The number of benzene rings is 1. The number of rotatable bonds is 6. The van der Waals surface area contributed by atoms with Crippen LogP contribution >= 0.6 is 0 Å². The highest BCUT2D eigenvalue weighted by molar-refractivity contribution is 5.60. The zero-order valence-electron chi connectivity index (χ0n) is 10.9. The van der Waals surface area contributed by atoms with Gasteiger partial charge in [0.15, 0.2) is 0 Å². The van der Waals surface area contributed by atoms with E-state index >= 15 is 0 Å². The summed E-state index contributed by atoms with van der Waals surface area (Å²) in [6.07, 6.45) is 2.81. The minimum absolute atomic E-state index is 0.811. The smallest absolute Gasteiger partial charge is 0.133 e. The summed E-state index contributed by atoms with van der Waals surface area (Å²) in [5.74, 6) is 1.79. The van der Waals surface area contributed by atoms with Crippen LogP contribution in [-0.4, -0.2) is 13.7 Å². The summed E-state index contributed by atoms with van der Waals surface area (Å²) in [5.41, 5.74) is 2.23. The lowest BCUT2D eigenvalue weighted by molar-refractivity contribution is 0.407. The molecule has 0 bridgehead atoms. The maximum atomic E-state index is 5.41. The molecule has 0 saturated heterocycles. The fraction of sp³-hybridized carbons (Fsp3) is 0.333. The second-order valence-electron chi connectivity index (χ2n) is 4.18. The molecule has 1 heterocycles. The Balaban J connectivity index is 2.22. The van der Waals surface area contributed by atoms with Gasteiger partial charge in [-0.1, -0.05) is 6.92 Å². The molecule has 3 nitrogen and oxygen atoms in total. The molecule has 0 aliphatic carbocycles. The Labute approximate surface area is 108 Å². The van der Waals surface area contributed by atoms with E-state index in [4.69, 9.17) is 9.15 Å². The average Bonchev–Trinajstić information content (AvgIpc) is 2.93. The molecule has 1 aromatic heterocycles. The van der Waals surface area contributed by atoms with E-state index in [2.05, 4.69) is 18.3 Å². The van der Waals surface area contributed by atoms with E-state index in [0.717, 1.165) is 42.1 Å². The first-order valence-corrected chi connectivity index (χ1v) is 6.26. The van der Waals surface area contributed by atoms with Gasteiger partial charge in [-0.2, -0.15) is 0 Å². The summed E-state index contributed by atoms with van der Waals surface area (Å²) in [4.78, 5) is 0. The average molecular weight is 245 g/mol. The molecule has 0 aliphatic heterocycles. The van der Waals surface area contributed by atoms with Gasteiger partial charge in [-0.05, 0) is 43.3 Å². The molecule has 0 saturated carbocycles. The standard InChI is InChI=1S/C15H19NO2/c1-3-8-16-11-13-10-12(6-7-14(13)17-2)15-5-4-9-18-15/h4-7,9-10,16H,3,8,11H2,1-2H3. The van der Waals surface area contributed by atoms with Crippen molar-refractivity contribution in [1.29, 1.82) is 0 Å². The van der Waals surface area contributed by atoms with E-state index in [9.17, 15) is 0 Å². The van der Waals surface area contributed by atoms with Gasteiger partial charge in [-0.15, -0.1) is 0 Å². The summed E-state index contributed by atoms with van der Waals surface area (Å²) < 4.78 is 10.8. The van der Waals surface area contributed by atoms with Crippen molar-refractivity contribution in [2.45, 2.75) is 19.9 Å². The summed E-state index contributed by atoms with van der Waals surface area (Å²) in [5, 5.41) is 3.39. The van der Waals surface area contributed by atoms with Gasteiger partial charge in [0.1, 0.15) is 11.5 Å². The Kier molecular flexibility index (Phi) is 4.42. The van der Waals surface area contributed by atoms with Gasteiger partial charge in [0.2, 0.25) is 0 Å². The van der Waals surface area contributed by atoms with Crippen molar-refractivity contribution in [3.63, 3.8) is 0 Å². The number of hydrogen-bond donors (Lipinski definition) is 1. The van der Waals surface area contributed by atoms with Crippen LogP contribution in [0, 0.1) is 0 Å². The van der Waals surface area contributed by atoms with Crippen molar-refractivity contribution >= 4 is 0 Å². The van der Waals surface area contributed by atoms with Crippen molar-refractivity contribution in [2.75, 3.05) is 13.7 Å². The van der Waals surface area contributed by atoms with E-state index in [1.54, 1.807) is 13.4 Å². The second kappa shape index (κ2) is 6.26. The Morgan fingerprint density at radius 1 is 1.28 bits per heavy atom. The zero-order chi connectivity index (χ0) is 12.8. The monoisotopic (exact) mass is 245 g/mol. The fourth-order valence-electron chi connectivity index (χ4n) is 1.91. The first-order chi connectivity index (χ1) is 8.85. The summed E-state index contributed by atoms with van der Waals surface area (Å²) in [6.45, 7) is 3.98. The van der Waals surface area contributed by atoms with Gasteiger partial charge >= 0.3 is 0 Å². The Morgan fingerprint density at radius 3 is 2.83 bits per heavy atom. The maximum Gasteiger partial charge on any atom is 0.133 e. The third-order valence-electron chi connectivity index (χ3n) is 2.83. The van der Waals surface area contributed by atoms with Crippen LogP contribution in [0.15, 0.2) is 41.0 Å².